The normalized spacial score (nSPS) is 11.7. The summed E-state index contributed by atoms with van der Waals surface area (Å²) in [5.41, 5.74) is 2.35. The first-order valence-electron chi connectivity index (χ1n) is 11.7. The van der Waals surface area contributed by atoms with Crippen molar-refractivity contribution in [2.45, 2.75) is 65.5 Å². The molecule has 0 fully saturated rings. The molecule has 1 N–H and O–H groups in total. The third-order valence-corrected chi connectivity index (χ3v) is 5.41. The minimum Gasteiger partial charge on any atom is -0.445 e. The molecule has 2 aromatic carbocycles. The highest BCUT2D eigenvalue weighted by Crippen LogP contribution is 2.31. The maximum atomic E-state index is 13.1. The molecule has 3 rings (SSSR count). The zero-order chi connectivity index (χ0) is 24.5. The van der Waals surface area contributed by atoms with E-state index in [-0.39, 0.29) is 6.61 Å². The highest BCUT2D eigenvalue weighted by molar-refractivity contribution is 5.91. The topological polar surface area (TPSA) is 94.8 Å². The monoisotopic (exact) mass is 465 g/mol. The number of carbonyl (C=O) groups excluding carboxylic acids is 2. The van der Waals surface area contributed by atoms with Crippen LogP contribution < -0.4 is 15.7 Å². The molecule has 1 aromatic heterocycles. The molecule has 7 heteroatoms. The summed E-state index contributed by atoms with van der Waals surface area (Å²) in [6, 6.07) is 13.4. The third-order valence-electron chi connectivity index (χ3n) is 5.41. The quantitative estimate of drug-likeness (QED) is 0.243. The Labute approximate surface area is 199 Å². The fourth-order valence-electron chi connectivity index (χ4n) is 3.74. The van der Waals surface area contributed by atoms with Crippen LogP contribution in [-0.2, 0) is 22.6 Å². The lowest BCUT2D eigenvalue weighted by Crippen LogP contribution is -2.43. The number of fused-ring (bicyclic) bond motifs is 1. The zero-order valence-corrected chi connectivity index (χ0v) is 19.9. The second-order valence-electron chi connectivity index (χ2n) is 8.30. The van der Waals surface area contributed by atoms with Crippen molar-refractivity contribution in [2.24, 2.45) is 0 Å². The van der Waals surface area contributed by atoms with Gasteiger partial charge in [-0.3, -0.25) is 0 Å². The molecule has 1 amide bonds. The van der Waals surface area contributed by atoms with Crippen molar-refractivity contribution in [3.8, 4) is 5.75 Å². The van der Waals surface area contributed by atoms with E-state index in [1.807, 2.05) is 44.2 Å². The molecule has 0 spiro atoms. The van der Waals surface area contributed by atoms with Crippen LogP contribution in [0.2, 0.25) is 0 Å². The number of hydrogen-bond acceptors (Lipinski definition) is 6. The average molecular weight is 466 g/mol. The van der Waals surface area contributed by atoms with E-state index in [2.05, 4.69) is 12.2 Å². The number of nitrogens with one attached hydrogen (secondary N) is 1. The molecule has 1 atom stereocenters. The number of amides is 1. The Bertz CT molecular complexity index is 1180. The summed E-state index contributed by atoms with van der Waals surface area (Å²) in [6.45, 7) is 5.91. The highest BCUT2D eigenvalue weighted by atomic mass is 16.6. The summed E-state index contributed by atoms with van der Waals surface area (Å²) in [5.74, 6) is -0.284. The van der Waals surface area contributed by atoms with Crippen LogP contribution in [0.3, 0.4) is 0 Å². The molecule has 0 aliphatic heterocycles. The minimum atomic E-state index is -0.876. The van der Waals surface area contributed by atoms with Crippen molar-refractivity contribution in [2.75, 3.05) is 0 Å². The van der Waals surface area contributed by atoms with Crippen LogP contribution in [0.15, 0.2) is 57.7 Å². The summed E-state index contributed by atoms with van der Waals surface area (Å²) in [7, 11) is 0. The summed E-state index contributed by atoms with van der Waals surface area (Å²) < 4.78 is 16.4. The van der Waals surface area contributed by atoms with E-state index >= 15 is 0 Å². The van der Waals surface area contributed by atoms with Gasteiger partial charge >= 0.3 is 17.7 Å². The van der Waals surface area contributed by atoms with Crippen LogP contribution in [0.25, 0.3) is 11.0 Å². The number of esters is 1. The smallest absolute Gasteiger partial charge is 0.408 e. The Balaban J connectivity index is 1.80. The Morgan fingerprint density at radius 2 is 1.82 bits per heavy atom. The Morgan fingerprint density at radius 3 is 2.53 bits per heavy atom. The molecular formula is C27H31NO6. The van der Waals surface area contributed by atoms with E-state index in [4.69, 9.17) is 13.9 Å². The molecule has 34 heavy (non-hydrogen) atoms. The van der Waals surface area contributed by atoms with E-state index < -0.39 is 23.7 Å². The predicted molar refractivity (Wildman–Crippen MR) is 130 cm³/mol. The van der Waals surface area contributed by atoms with Crippen LogP contribution in [-0.4, -0.2) is 18.1 Å². The fraction of sp³-hybridized carbons (Fsp3) is 0.370. The number of benzene rings is 2. The molecule has 3 aromatic rings. The van der Waals surface area contributed by atoms with Crippen LogP contribution in [0.1, 0.15) is 56.2 Å². The van der Waals surface area contributed by atoms with Gasteiger partial charge in [0.05, 0.1) is 5.39 Å². The molecule has 1 heterocycles. The SMILES string of the molecule is CCCCc1cc(=O)oc2cc(C)cc(OC(=O)[C@H](CCC)NC(=O)OCc3ccccc3)c12. The van der Waals surface area contributed by atoms with Crippen LogP contribution in [0, 0.1) is 6.92 Å². The van der Waals surface area contributed by atoms with Crippen molar-refractivity contribution >= 4 is 23.0 Å². The number of alkyl carbamates (subject to hydrolysis) is 1. The lowest BCUT2D eigenvalue weighted by Gasteiger charge is -2.18. The number of ether oxygens (including phenoxy) is 2. The molecule has 0 aliphatic rings. The lowest BCUT2D eigenvalue weighted by atomic mass is 10.0. The van der Waals surface area contributed by atoms with E-state index in [1.54, 1.807) is 12.1 Å². The van der Waals surface area contributed by atoms with Crippen molar-refractivity contribution < 1.29 is 23.5 Å². The number of aryl methyl sites for hydroxylation is 2. The van der Waals surface area contributed by atoms with Gasteiger partial charge in [-0.15, -0.1) is 0 Å². The maximum Gasteiger partial charge on any atom is 0.408 e. The number of unbranched alkanes of at least 4 members (excludes halogenated alkanes) is 1. The van der Waals surface area contributed by atoms with Gasteiger partial charge in [0.2, 0.25) is 0 Å². The van der Waals surface area contributed by atoms with Gasteiger partial charge in [-0.2, -0.15) is 0 Å². The Morgan fingerprint density at radius 1 is 1.06 bits per heavy atom. The van der Waals surface area contributed by atoms with Gasteiger partial charge in [-0.25, -0.2) is 14.4 Å². The highest BCUT2D eigenvalue weighted by Gasteiger charge is 2.24. The van der Waals surface area contributed by atoms with Crippen molar-refractivity contribution in [1.82, 2.24) is 5.32 Å². The van der Waals surface area contributed by atoms with Gasteiger partial charge in [0, 0.05) is 6.07 Å². The number of hydrogen-bond donors (Lipinski definition) is 1. The largest absolute Gasteiger partial charge is 0.445 e. The molecule has 0 unspecified atom stereocenters. The Kier molecular flexibility index (Phi) is 8.85. The Hall–Kier alpha value is -3.61. The predicted octanol–water partition coefficient (Wildman–Crippen LogP) is 5.44. The minimum absolute atomic E-state index is 0.100. The molecule has 0 bridgehead atoms. The van der Waals surface area contributed by atoms with Gasteiger partial charge in [0.15, 0.2) is 0 Å². The molecule has 0 saturated heterocycles. The first-order valence-corrected chi connectivity index (χ1v) is 11.7. The van der Waals surface area contributed by atoms with Crippen LogP contribution in [0.4, 0.5) is 4.79 Å². The summed E-state index contributed by atoms with van der Waals surface area (Å²) in [4.78, 5) is 37.5. The molecule has 180 valence electrons. The molecule has 0 aliphatic carbocycles. The van der Waals surface area contributed by atoms with E-state index in [0.717, 1.165) is 29.5 Å². The molecule has 0 saturated carbocycles. The van der Waals surface area contributed by atoms with Gasteiger partial charge in [-0.1, -0.05) is 57.0 Å². The third kappa shape index (κ3) is 6.70. The zero-order valence-electron chi connectivity index (χ0n) is 19.9. The molecular weight excluding hydrogens is 434 g/mol. The lowest BCUT2D eigenvalue weighted by molar-refractivity contribution is -0.136. The number of rotatable bonds is 10. The summed E-state index contributed by atoms with van der Waals surface area (Å²) in [6.07, 6.45) is 2.85. The maximum absolute atomic E-state index is 13.1. The van der Waals surface area contributed by atoms with Gasteiger partial charge in [0.25, 0.3) is 0 Å². The van der Waals surface area contributed by atoms with Crippen LogP contribution in [0.5, 0.6) is 5.75 Å². The second-order valence-corrected chi connectivity index (χ2v) is 8.30. The van der Waals surface area contributed by atoms with E-state index in [1.165, 1.54) is 6.07 Å². The first kappa shape index (κ1) is 25.0. The van der Waals surface area contributed by atoms with E-state index in [0.29, 0.717) is 36.0 Å². The number of carbonyl (C=O) groups is 2. The van der Waals surface area contributed by atoms with E-state index in [9.17, 15) is 14.4 Å². The summed E-state index contributed by atoms with van der Waals surface area (Å²) in [5, 5.41) is 3.23. The molecule has 0 radical (unpaired) electrons. The van der Waals surface area contributed by atoms with Crippen molar-refractivity contribution in [3.63, 3.8) is 0 Å². The summed E-state index contributed by atoms with van der Waals surface area (Å²) >= 11 is 0. The first-order chi connectivity index (χ1) is 16.4. The van der Waals surface area contributed by atoms with Gasteiger partial charge < -0.3 is 19.2 Å². The van der Waals surface area contributed by atoms with Gasteiger partial charge in [-0.05, 0) is 55.0 Å². The van der Waals surface area contributed by atoms with Crippen LogP contribution >= 0.6 is 0 Å². The van der Waals surface area contributed by atoms with Crippen molar-refractivity contribution in [3.05, 3.63) is 75.6 Å². The fourth-order valence-corrected chi connectivity index (χ4v) is 3.74. The van der Waals surface area contributed by atoms with Crippen molar-refractivity contribution in [1.29, 1.82) is 0 Å². The molecule has 7 nitrogen and oxygen atoms in total. The van der Waals surface area contributed by atoms with Gasteiger partial charge in [0.1, 0.15) is 24.0 Å². The standard InChI is InChI=1S/C27H31NO6/c1-4-6-13-20-16-24(29)33-22-14-18(3)15-23(25(20)22)34-26(30)21(10-5-2)28-27(31)32-17-19-11-8-7-9-12-19/h7-9,11-12,14-16,21H,4-6,10,13,17H2,1-3H3,(H,28,31)/t21-/m0/s1. The average Bonchev–Trinajstić information content (AvgIpc) is 2.81. The second kappa shape index (κ2) is 12.0.